The number of carbonyl (C=O) groups excluding carboxylic acids is 1. The van der Waals surface area contributed by atoms with Crippen LogP contribution < -0.4 is 5.32 Å². The standard InChI is InChI=1S/C14H22N4O3/c1-8-6-18(7-12(8)13(19)20)14(21)15-5-11-9(2)16-17(4)10(11)3/h8,12H,5-7H2,1-4H3,(H,15,21)(H,19,20)/t8-,12-/m1/s1. The number of aryl methyl sites for hydroxylation is 2. The quantitative estimate of drug-likeness (QED) is 0.867. The molecule has 1 fully saturated rings. The van der Waals surface area contributed by atoms with Crippen LogP contribution in [0, 0.1) is 25.7 Å². The molecule has 7 heteroatoms. The molecule has 0 radical (unpaired) electrons. The first-order chi connectivity index (χ1) is 9.81. The molecule has 1 aliphatic rings. The van der Waals surface area contributed by atoms with Gasteiger partial charge >= 0.3 is 12.0 Å². The van der Waals surface area contributed by atoms with E-state index in [-0.39, 0.29) is 18.5 Å². The van der Waals surface area contributed by atoms with Gasteiger partial charge < -0.3 is 15.3 Å². The van der Waals surface area contributed by atoms with Crippen LogP contribution in [0.1, 0.15) is 23.9 Å². The highest BCUT2D eigenvalue weighted by Gasteiger charge is 2.36. The third-order valence-electron chi connectivity index (χ3n) is 4.29. The summed E-state index contributed by atoms with van der Waals surface area (Å²) in [5.74, 6) is -1.33. The van der Waals surface area contributed by atoms with Gasteiger partial charge in [-0.1, -0.05) is 6.92 Å². The van der Waals surface area contributed by atoms with Crippen LogP contribution in [0.4, 0.5) is 4.79 Å². The molecule has 7 nitrogen and oxygen atoms in total. The van der Waals surface area contributed by atoms with Gasteiger partial charge in [0.1, 0.15) is 0 Å². The van der Waals surface area contributed by atoms with Crippen molar-refractivity contribution in [1.82, 2.24) is 20.0 Å². The number of urea groups is 1. The van der Waals surface area contributed by atoms with Crippen LogP contribution in [0.3, 0.4) is 0 Å². The van der Waals surface area contributed by atoms with Crippen LogP contribution in [0.25, 0.3) is 0 Å². The molecular weight excluding hydrogens is 272 g/mol. The molecule has 1 aromatic rings. The molecule has 0 aromatic carbocycles. The lowest BCUT2D eigenvalue weighted by Crippen LogP contribution is -2.38. The zero-order valence-corrected chi connectivity index (χ0v) is 12.9. The Morgan fingerprint density at radius 2 is 2.05 bits per heavy atom. The van der Waals surface area contributed by atoms with Gasteiger partial charge in [-0.25, -0.2) is 4.79 Å². The second-order valence-corrected chi connectivity index (χ2v) is 5.76. The predicted molar refractivity (Wildman–Crippen MR) is 76.8 cm³/mol. The number of carboxylic acid groups (broad SMARTS) is 1. The van der Waals surface area contributed by atoms with E-state index < -0.39 is 11.9 Å². The number of nitrogens with one attached hydrogen (secondary N) is 1. The summed E-state index contributed by atoms with van der Waals surface area (Å²) in [4.78, 5) is 24.8. The van der Waals surface area contributed by atoms with Gasteiger partial charge in [0, 0.05) is 37.9 Å². The molecular formula is C14H22N4O3. The number of amides is 2. The van der Waals surface area contributed by atoms with Crippen molar-refractivity contribution in [1.29, 1.82) is 0 Å². The van der Waals surface area contributed by atoms with Crippen LogP contribution in [0.15, 0.2) is 0 Å². The van der Waals surface area contributed by atoms with E-state index in [0.717, 1.165) is 17.0 Å². The van der Waals surface area contributed by atoms with E-state index >= 15 is 0 Å². The molecule has 2 N–H and O–H groups in total. The van der Waals surface area contributed by atoms with Crippen molar-refractivity contribution >= 4 is 12.0 Å². The maximum absolute atomic E-state index is 12.2. The van der Waals surface area contributed by atoms with E-state index in [1.807, 2.05) is 27.8 Å². The smallest absolute Gasteiger partial charge is 0.317 e. The van der Waals surface area contributed by atoms with Crippen molar-refractivity contribution in [2.45, 2.75) is 27.3 Å². The largest absolute Gasteiger partial charge is 0.481 e. The maximum atomic E-state index is 12.2. The fourth-order valence-electron chi connectivity index (χ4n) is 2.80. The zero-order chi connectivity index (χ0) is 15.7. The van der Waals surface area contributed by atoms with Crippen molar-refractivity contribution < 1.29 is 14.7 Å². The zero-order valence-electron chi connectivity index (χ0n) is 12.9. The van der Waals surface area contributed by atoms with Crippen molar-refractivity contribution in [3.8, 4) is 0 Å². The highest BCUT2D eigenvalue weighted by Crippen LogP contribution is 2.23. The molecule has 21 heavy (non-hydrogen) atoms. The first-order valence-electron chi connectivity index (χ1n) is 7.06. The molecule has 2 amide bonds. The van der Waals surface area contributed by atoms with Gasteiger partial charge in [-0.3, -0.25) is 9.48 Å². The lowest BCUT2D eigenvalue weighted by atomic mass is 9.99. The lowest BCUT2D eigenvalue weighted by Gasteiger charge is -2.17. The monoisotopic (exact) mass is 294 g/mol. The van der Waals surface area contributed by atoms with Gasteiger partial charge in [-0.2, -0.15) is 5.10 Å². The molecule has 1 aromatic heterocycles. The predicted octanol–water partition coefficient (Wildman–Crippen LogP) is 0.899. The number of carbonyl (C=O) groups is 2. The lowest BCUT2D eigenvalue weighted by molar-refractivity contribution is -0.142. The third kappa shape index (κ3) is 3.01. The van der Waals surface area contributed by atoms with Gasteiger partial charge in [0.05, 0.1) is 11.6 Å². The molecule has 1 aliphatic heterocycles. The van der Waals surface area contributed by atoms with Crippen molar-refractivity contribution in [2.75, 3.05) is 13.1 Å². The molecule has 2 rings (SSSR count). The minimum absolute atomic E-state index is 0.0184. The van der Waals surface area contributed by atoms with Crippen molar-refractivity contribution in [3.05, 3.63) is 17.0 Å². The van der Waals surface area contributed by atoms with Gasteiger partial charge in [-0.15, -0.1) is 0 Å². The Labute approximate surface area is 123 Å². The number of aliphatic carboxylic acids is 1. The van der Waals surface area contributed by atoms with Crippen LogP contribution in [-0.2, 0) is 18.4 Å². The normalized spacial score (nSPS) is 21.6. The molecule has 2 heterocycles. The summed E-state index contributed by atoms with van der Waals surface area (Å²) in [6.07, 6.45) is 0. The summed E-state index contributed by atoms with van der Waals surface area (Å²) >= 11 is 0. The Bertz CT molecular complexity index is 567. The van der Waals surface area contributed by atoms with E-state index in [2.05, 4.69) is 10.4 Å². The number of carboxylic acids is 1. The Balaban J connectivity index is 1.95. The number of likely N-dealkylation sites (tertiary alicyclic amines) is 1. The van der Waals surface area contributed by atoms with E-state index in [1.165, 1.54) is 0 Å². The van der Waals surface area contributed by atoms with E-state index in [1.54, 1.807) is 9.58 Å². The average Bonchev–Trinajstić information content (AvgIpc) is 2.90. The minimum atomic E-state index is -0.836. The first kappa shape index (κ1) is 15.3. The fraction of sp³-hybridized carbons (Fsp3) is 0.643. The molecule has 0 bridgehead atoms. The number of hydrogen-bond donors (Lipinski definition) is 2. The fourth-order valence-corrected chi connectivity index (χ4v) is 2.80. The highest BCUT2D eigenvalue weighted by molar-refractivity contribution is 5.77. The second kappa shape index (κ2) is 5.75. The van der Waals surface area contributed by atoms with E-state index in [9.17, 15) is 9.59 Å². The Morgan fingerprint density at radius 3 is 2.52 bits per heavy atom. The van der Waals surface area contributed by atoms with Crippen LogP contribution in [0.2, 0.25) is 0 Å². The third-order valence-corrected chi connectivity index (χ3v) is 4.29. The molecule has 0 unspecified atom stereocenters. The van der Waals surface area contributed by atoms with Crippen LogP contribution in [-0.4, -0.2) is 44.9 Å². The Kier molecular flexibility index (Phi) is 4.20. The first-order valence-corrected chi connectivity index (χ1v) is 7.06. The number of hydrogen-bond acceptors (Lipinski definition) is 3. The van der Waals surface area contributed by atoms with Crippen molar-refractivity contribution in [3.63, 3.8) is 0 Å². The number of aromatic nitrogens is 2. The van der Waals surface area contributed by atoms with Gasteiger partial charge in [-0.05, 0) is 19.8 Å². The van der Waals surface area contributed by atoms with Crippen molar-refractivity contribution in [2.24, 2.45) is 18.9 Å². The van der Waals surface area contributed by atoms with E-state index in [4.69, 9.17) is 5.11 Å². The summed E-state index contributed by atoms with van der Waals surface area (Å²) in [5, 5.41) is 16.3. The summed E-state index contributed by atoms with van der Waals surface area (Å²) in [6, 6.07) is -0.215. The molecule has 2 atom stereocenters. The summed E-state index contributed by atoms with van der Waals surface area (Å²) < 4.78 is 1.79. The van der Waals surface area contributed by atoms with Crippen LogP contribution in [0.5, 0.6) is 0 Å². The second-order valence-electron chi connectivity index (χ2n) is 5.76. The summed E-state index contributed by atoms with van der Waals surface area (Å²) in [5.41, 5.74) is 2.92. The maximum Gasteiger partial charge on any atom is 0.317 e. The Morgan fingerprint density at radius 1 is 1.38 bits per heavy atom. The number of rotatable bonds is 3. The van der Waals surface area contributed by atoms with Gasteiger partial charge in [0.25, 0.3) is 0 Å². The highest BCUT2D eigenvalue weighted by atomic mass is 16.4. The molecule has 0 spiro atoms. The van der Waals surface area contributed by atoms with Gasteiger partial charge in [0.2, 0.25) is 0 Å². The average molecular weight is 294 g/mol. The summed E-state index contributed by atoms with van der Waals surface area (Å²) in [6.45, 7) is 6.89. The minimum Gasteiger partial charge on any atom is -0.481 e. The summed E-state index contributed by atoms with van der Waals surface area (Å²) in [7, 11) is 1.87. The number of nitrogens with zero attached hydrogens (tertiary/aromatic N) is 3. The van der Waals surface area contributed by atoms with Gasteiger partial charge in [0.15, 0.2) is 0 Å². The molecule has 1 saturated heterocycles. The molecule has 0 saturated carbocycles. The van der Waals surface area contributed by atoms with E-state index in [0.29, 0.717) is 13.1 Å². The molecule has 0 aliphatic carbocycles. The SMILES string of the molecule is Cc1nn(C)c(C)c1CNC(=O)N1C[C@@H](C)[C@H](C(=O)O)C1. The topological polar surface area (TPSA) is 87.5 Å². The Hall–Kier alpha value is -2.05. The molecule has 116 valence electrons. The van der Waals surface area contributed by atoms with Crippen LogP contribution >= 0.6 is 0 Å².